The Hall–Kier alpha value is -0.570. The smallest absolute Gasteiger partial charge is 0.0984 e. The van der Waals surface area contributed by atoms with Gasteiger partial charge in [-0.1, -0.05) is 36.7 Å². The number of hydrogen-bond acceptors (Lipinski definition) is 2. The number of rotatable bonds is 4. The number of aliphatic hydroxyl groups excluding tert-OH is 1. The van der Waals surface area contributed by atoms with E-state index in [1.807, 2.05) is 50.2 Å². The Morgan fingerprint density at radius 2 is 1.94 bits per heavy atom. The first-order chi connectivity index (χ1) is 7.43. The van der Waals surface area contributed by atoms with E-state index in [9.17, 15) is 5.11 Å². The highest BCUT2D eigenvalue weighted by Gasteiger charge is 2.35. The fourth-order valence-electron chi connectivity index (χ4n) is 1.79. The molecule has 1 N–H and O–H groups in total. The summed E-state index contributed by atoms with van der Waals surface area (Å²) in [6.45, 7) is 4.11. The van der Waals surface area contributed by atoms with Gasteiger partial charge in [-0.15, -0.1) is 0 Å². The lowest BCUT2D eigenvalue weighted by atomic mass is 9.86. The molecule has 0 heterocycles. The van der Waals surface area contributed by atoms with Crippen LogP contribution < -0.4 is 0 Å². The summed E-state index contributed by atoms with van der Waals surface area (Å²) in [4.78, 5) is 2.04. The Morgan fingerprint density at radius 3 is 2.38 bits per heavy atom. The quantitative estimate of drug-likeness (QED) is 0.876. The van der Waals surface area contributed by atoms with Crippen molar-refractivity contribution in [2.45, 2.75) is 31.9 Å². The second kappa shape index (κ2) is 5.17. The predicted octanol–water partition coefficient (Wildman–Crippen LogP) is 3.10. The van der Waals surface area contributed by atoms with Crippen LogP contribution in [0.15, 0.2) is 24.3 Å². The summed E-state index contributed by atoms with van der Waals surface area (Å²) in [7, 11) is 3.95. The van der Waals surface area contributed by atoms with Gasteiger partial charge in [-0.2, -0.15) is 0 Å². The SMILES string of the molecule is CCC(C)(C(O)c1ccccc1Cl)N(C)C. The van der Waals surface area contributed by atoms with Crippen molar-refractivity contribution in [3.8, 4) is 0 Å². The lowest BCUT2D eigenvalue weighted by Crippen LogP contribution is -2.46. The highest BCUT2D eigenvalue weighted by molar-refractivity contribution is 6.31. The number of benzene rings is 1. The molecule has 16 heavy (non-hydrogen) atoms. The summed E-state index contributed by atoms with van der Waals surface area (Å²) >= 11 is 6.11. The normalized spacial score (nSPS) is 17.2. The minimum absolute atomic E-state index is 0.301. The molecular formula is C13H20ClNO. The van der Waals surface area contributed by atoms with Crippen LogP contribution in [0.3, 0.4) is 0 Å². The minimum Gasteiger partial charge on any atom is -0.386 e. The number of halogens is 1. The molecule has 1 aromatic carbocycles. The van der Waals surface area contributed by atoms with Crippen LogP contribution >= 0.6 is 11.6 Å². The van der Waals surface area contributed by atoms with Crippen molar-refractivity contribution in [2.75, 3.05) is 14.1 Å². The summed E-state index contributed by atoms with van der Waals surface area (Å²) in [5.74, 6) is 0. The first-order valence-electron chi connectivity index (χ1n) is 5.53. The molecule has 0 aliphatic rings. The van der Waals surface area contributed by atoms with Gasteiger partial charge in [-0.05, 0) is 33.5 Å². The van der Waals surface area contributed by atoms with Crippen LogP contribution in [0.5, 0.6) is 0 Å². The molecule has 1 rings (SSSR count). The Labute approximate surface area is 103 Å². The van der Waals surface area contributed by atoms with Gasteiger partial charge in [0.15, 0.2) is 0 Å². The van der Waals surface area contributed by atoms with Crippen molar-refractivity contribution >= 4 is 11.6 Å². The average molecular weight is 242 g/mol. The van der Waals surface area contributed by atoms with Gasteiger partial charge in [0.05, 0.1) is 6.10 Å². The van der Waals surface area contributed by atoms with E-state index >= 15 is 0 Å². The molecule has 0 radical (unpaired) electrons. The maximum absolute atomic E-state index is 10.5. The highest BCUT2D eigenvalue weighted by Crippen LogP contribution is 2.35. The molecule has 0 fully saturated rings. The molecule has 0 amide bonds. The lowest BCUT2D eigenvalue weighted by molar-refractivity contribution is 0.000931. The Balaban J connectivity index is 3.10. The van der Waals surface area contributed by atoms with E-state index in [1.54, 1.807) is 0 Å². The van der Waals surface area contributed by atoms with E-state index < -0.39 is 6.10 Å². The zero-order chi connectivity index (χ0) is 12.3. The summed E-state index contributed by atoms with van der Waals surface area (Å²) in [5.41, 5.74) is 0.493. The fraction of sp³-hybridized carbons (Fsp3) is 0.538. The van der Waals surface area contributed by atoms with Crippen LogP contribution in [0.25, 0.3) is 0 Å². The van der Waals surface area contributed by atoms with Crippen LogP contribution in [0, 0.1) is 0 Å². The third-order valence-electron chi connectivity index (χ3n) is 3.53. The molecule has 2 atom stereocenters. The molecule has 0 spiro atoms. The molecular weight excluding hydrogens is 222 g/mol. The van der Waals surface area contributed by atoms with Crippen LogP contribution in [-0.4, -0.2) is 29.6 Å². The van der Waals surface area contributed by atoms with Gasteiger partial charge in [-0.3, -0.25) is 0 Å². The van der Waals surface area contributed by atoms with E-state index in [4.69, 9.17) is 11.6 Å². The Kier molecular flexibility index (Phi) is 4.36. The largest absolute Gasteiger partial charge is 0.386 e. The molecule has 0 aliphatic carbocycles. The van der Waals surface area contributed by atoms with Crippen molar-refractivity contribution < 1.29 is 5.11 Å². The first kappa shape index (κ1) is 13.5. The van der Waals surface area contributed by atoms with Crippen LogP contribution in [0.2, 0.25) is 5.02 Å². The fourth-order valence-corrected chi connectivity index (χ4v) is 2.03. The van der Waals surface area contributed by atoms with E-state index in [0.717, 1.165) is 12.0 Å². The Bertz CT molecular complexity index is 354. The molecule has 2 unspecified atom stereocenters. The third kappa shape index (κ3) is 2.40. The Morgan fingerprint density at radius 1 is 1.38 bits per heavy atom. The highest BCUT2D eigenvalue weighted by atomic mass is 35.5. The van der Waals surface area contributed by atoms with Gasteiger partial charge in [0.1, 0.15) is 0 Å². The second-order valence-electron chi connectivity index (χ2n) is 4.53. The molecule has 0 bridgehead atoms. The van der Waals surface area contributed by atoms with Crippen molar-refractivity contribution in [3.05, 3.63) is 34.9 Å². The number of likely N-dealkylation sites (N-methyl/N-ethyl adjacent to an activating group) is 1. The van der Waals surface area contributed by atoms with Crippen LogP contribution in [0.1, 0.15) is 31.9 Å². The van der Waals surface area contributed by atoms with Gasteiger partial charge in [0.25, 0.3) is 0 Å². The second-order valence-corrected chi connectivity index (χ2v) is 4.94. The molecule has 0 aromatic heterocycles. The topological polar surface area (TPSA) is 23.5 Å². The summed E-state index contributed by atoms with van der Waals surface area (Å²) < 4.78 is 0. The van der Waals surface area contributed by atoms with Crippen molar-refractivity contribution in [1.29, 1.82) is 0 Å². The first-order valence-corrected chi connectivity index (χ1v) is 5.91. The molecule has 0 saturated heterocycles. The zero-order valence-corrected chi connectivity index (χ0v) is 11.1. The van der Waals surface area contributed by atoms with Crippen molar-refractivity contribution in [2.24, 2.45) is 0 Å². The van der Waals surface area contributed by atoms with Gasteiger partial charge in [-0.25, -0.2) is 0 Å². The van der Waals surface area contributed by atoms with Crippen LogP contribution in [-0.2, 0) is 0 Å². The van der Waals surface area contributed by atoms with Gasteiger partial charge in [0, 0.05) is 16.1 Å². The number of nitrogens with zero attached hydrogens (tertiary/aromatic N) is 1. The van der Waals surface area contributed by atoms with Crippen LogP contribution in [0.4, 0.5) is 0 Å². The molecule has 0 aliphatic heterocycles. The summed E-state index contributed by atoms with van der Waals surface area (Å²) in [5, 5.41) is 11.1. The molecule has 3 heteroatoms. The average Bonchev–Trinajstić information content (AvgIpc) is 2.27. The third-order valence-corrected chi connectivity index (χ3v) is 3.87. The lowest BCUT2D eigenvalue weighted by Gasteiger charge is -2.40. The van der Waals surface area contributed by atoms with E-state index in [1.165, 1.54) is 0 Å². The number of aliphatic hydroxyl groups is 1. The monoisotopic (exact) mass is 241 g/mol. The number of hydrogen-bond donors (Lipinski definition) is 1. The summed E-state index contributed by atoms with van der Waals surface area (Å²) in [6, 6.07) is 7.46. The zero-order valence-electron chi connectivity index (χ0n) is 10.4. The maximum atomic E-state index is 10.5. The van der Waals surface area contributed by atoms with Crippen molar-refractivity contribution in [3.63, 3.8) is 0 Å². The molecule has 0 saturated carbocycles. The van der Waals surface area contributed by atoms with Gasteiger partial charge >= 0.3 is 0 Å². The van der Waals surface area contributed by atoms with Gasteiger partial charge < -0.3 is 10.0 Å². The molecule has 90 valence electrons. The van der Waals surface area contributed by atoms with Gasteiger partial charge in [0.2, 0.25) is 0 Å². The minimum atomic E-state index is -0.582. The van der Waals surface area contributed by atoms with E-state index in [-0.39, 0.29) is 5.54 Å². The molecule has 1 aromatic rings. The van der Waals surface area contributed by atoms with E-state index in [2.05, 4.69) is 6.92 Å². The maximum Gasteiger partial charge on any atom is 0.0984 e. The van der Waals surface area contributed by atoms with E-state index in [0.29, 0.717) is 5.02 Å². The molecule has 2 nitrogen and oxygen atoms in total. The predicted molar refractivity (Wildman–Crippen MR) is 68.8 cm³/mol. The van der Waals surface area contributed by atoms with Crippen molar-refractivity contribution in [1.82, 2.24) is 4.90 Å². The standard InChI is InChI=1S/C13H20ClNO/c1-5-13(2,15(3)4)12(16)10-8-6-7-9-11(10)14/h6-9,12,16H,5H2,1-4H3. The summed E-state index contributed by atoms with van der Waals surface area (Å²) in [6.07, 6.45) is 0.271.